The summed E-state index contributed by atoms with van der Waals surface area (Å²) in [6.45, 7) is 4.11. The number of aromatic nitrogens is 3. The fourth-order valence-corrected chi connectivity index (χ4v) is 3.84. The third-order valence-corrected chi connectivity index (χ3v) is 5.33. The van der Waals surface area contributed by atoms with E-state index in [9.17, 15) is 4.79 Å². The monoisotopic (exact) mass is 406 g/mol. The maximum Gasteiger partial charge on any atom is 0.264 e. The van der Waals surface area contributed by atoms with E-state index in [1.54, 1.807) is 4.52 Å². The largest absolute Gasteiger partial charge is 0.484 e. The van der Waals surface area contributed by atoms with Crippen LogP contribution in [0.25, 0.3) is 16.2 Å². The van der Waals surface area contributed by atoms with Crippen molar-refractivity contribution < 1.29 is 9.53 Å². The fraction of sp³-hybridized carbons (Fsp3) is 0.227. The van der Waals surface area contributed by atoms with Gasteiger partial charge in [-0.25, -0.2) is 4.52 Å². The number of rotatable bonds is 7. The molecule has 4 aromatic rings. The van der Waals surface area contributed by atoms with Gasteiger partial charge in [-0.15, -0.1) is 16.4 Å². The van der Waals surface area contributed by atoms with E-state index in [-0.39, 0.29) is 18.5 Å². The summed E-state index contributed by atoms with van der Waals surface area (Å²) < 4.78 is 7.31. The Hall–Kier alpha value is -3.19. The van der Waals surface area contributed by atoms with Crippen LogP contribution in [0.15, 0.2) is 53.9 Å². The molecule has 0 aliphatic heterocycles. The fourth-order valence-electron chi connectivity index (χ4n) is 3.01. The Balaban J connectivity index is 1.40. The number of aryl methyl sites for hydroxylation is 2. The van der Waals surface area contributed by atoms with Crippen molar-refractivity contribution in [1.29, 1.82) is 0 Å². The average Bonchev–Trinajstić information content (AvgIpc) is 3.29. The zero-order valence-electron chi connectivity index (χ0n) is 16.4. The molecule has 0 radical (unpaired) electrons. The normalized spacial score (nSPS) is 11.0. The van der Waals surface area contributed by atoms with Crippen molar-refractivity contribution in [2.24, 2.45) is 0 Å². The second kappa shape index (κ2) is 8.45. The number of hydrogen-bond acceptors (Lipinski definition) is 5. The molecule has 0 saturated heterocycles. The van der Waals surface area contributed by atoms with E-state index in [1.807, 2.05) is 29.6 Å². The molecule has 0 aliphatic carbocycles. The van der Waals surface area contributed by atoms with Crippen LogP contribution in [0.5, 0.6) is 5.75 Å². The number of ether oxygens (including phenoxy) is 1. The van der Waals surface area contributed by atoms with Crippen LogP contribution in [-0.4, -0.2) is 27.1 Å². The second-order valence-corrected chi connectivity index (χ2v) is 7.68. The van der Waals surface area contributed by atoms with Crippen molar-refractivity contribution in [2.75, 3.05) is 11.9 Å². The van der Waals surface area contributed by atoms with Gasteiger partial charge in [0.05, 0.1) is 5.69 Å². The zero-order chi connectivity index (χ0) is 20.2. The lowest BCUT2D eigenvalue weighted by Crippen LogP contribution is -2.21. The molecule has 2 aromatic heterocycles. The number of carbonyl (C=O) groups is 1. The van der Waals surface area contributed by atoms with E-state index >= 15 is 0 Å². The van der Waals surface area contributed by atoms with E-state index in [2.05, 4.69) is 53.5 Å². The van der Waals surface area contributed by atoms with Crippen molar-refractivity contribution in [3.05, 3.63) is 65.0 Å². The van der Waals surface area contributed by atoms with Crippen LogP contribution in [0.2, 0.25) is 0 Å². The molecule has 4 rings (SSSR count). The number of hydrogen-bond donors (Lipinski definition) is 1. The summed E-state index contributed by atoms with van der Waals surface area (Å²) in [5.74, 6) is 0.648. The van der Waals surface area contributed by atoms with E-state index in [1.165, 1.54) is 22.5 Å². The van der Waals surface area contributed by atoms with Gasteiger partial charge in [-0.2, -0.15) is 4.98 Å². The van der Waals surface area contributed by atoms with E-state index in [0.717, 1.165) is 29.1 Å². The van der Waals surface area contributed by atoms with Crippen LogP contribution >= 0.6 is 11.3 Å². The predicted octanol–water partition coefficient (Wildman–Crippen LogP) is 4.74. The highest BCUT2D eigenvalue weighted by Gasteiger charge is 2.13. The van der Waals surface area contributed by atoms with Crippen LogP contribution in [0.4, 0.5) is 5.95 Å². The van der Waals surface area contributed by atoms with Crippen molar-refractivity contribution in [3.8, 4) is 17.0 Å². The number of fused-ring (bicyclic) bond motifs is 1. The number of thiazole rings is 1. The molecule has 0 atom stereocenters. The van der Waals surface area contributed by atoms with Crippen LogP contribution in [-0.2, 0) is 11.2 Å². The van der Waals surface area contributed by atoms with Gasteiger partial charge >= 0.3 is 0 Å². The Morgan fingerprint density at radius 1 is 1.14 bits per heavy atom. The minimum Gasteiger partial charge on any atom is -0.484 e. The van der Waals surface area contributed by atoms with Crippen molar-refractivity contribution >= 4 is 28.2 Å². The number of benzene rings is 2. The Morgan fingerprint density at radius 2 is 1.90 bits per heavy atom. The van der Waals surface area contributed by atoms with Gasteiger partial charge in [-0.3, -0.25) is 10.1 Å². The van der Waals surface area contributed by atoms with Crippen molar-refractivity contribution in [2.45, 2.75) is 26.7 Å². The molecule has 0 aliphatic rings. The van der Waals surface area contributed by atoms with Crippen LogP contribution < -0.4 is 10.1 Å². The first-order valence-corrected chi connectivity index (χ1v) is 10.4. The van der Waals surface area contributed by atoms with E-state index < -0.39 is 0 Å². The molecule has 2 heterocycles. The van der Waals surface area contributed by atoms with Crippen LogP contribution in [0.1, 0.15) is 24.5 Å². The molecule has 0 spiro atoms. The SMILES string of the molecule is CCCc1ccc(OCC(=O)Nc2nc3scc(-c4ccc(C)cc4)n3n2)cc1. The van der Waals surface area contributed by atoms with Gasteiger partial charge in [0.2, 0.25) is 4.96 Å². The second-order valence-electron chi connectivity index (χ2n) is 6.85. The lowest BCUT2D eigenvalue weighted by atomic mass is 10.1. The molecule has 1 N–H and O–H groups in total. The molecule has 148 valence electrons. The average molecular weight is 407 g/mol. The third kappa shape index (κ3) is 4.46. The molecule has 1 amide bonds. The zero-order valence-corrected chi connectivity index (χ0v) is 17.2. The topological polar surface area (TPSA) is 68.5 Å². The minimum absolute atomic E-state index is 0.0925. The molecular formula is C22H22N4O2S. The van der Waals surface area contributed by atoms with Gasteiger partial charge < -0.3 is 4.74 Å². The quantitative estimate of drug-likeness (QED) is 0.481. The Bertz CT molecular complexity index is 1110. The number of nitrogens with one attached hydrogen (secondary N) is 1. The number of amides is 1. The summed E-state index contributed by atoms with van der Waals surface area (Å²) in [4.78, 5) is 17.3. The Labute approximate surface area is 173 Å². The molecule has 0 bridgehead atoms. The number of carbonyl (C=O) groups excluding carboxylic acids is 1. The molecular weight excluding hydrogens is 384 g/mol. The van der Waals surface area contributed by atoms with Crippen molar-refractivity contribution in [3.63, 3.8) is 0 Å². The number of anilines is 1. The summed E-state index contributed by atoms with van der Waals surface area (Å²) in [5.41, 5.74) is 4.46. The predicted molar refractivity (Wildman–Crippen MR) is 116 cm³/mol. The summed E-state index contributed by atoms with van der Waals surface area (Å²) in [5, 5.41) is 9.14. The van der Waals surface area contributed by atoms with Gasteiger partial charge in [-0.1, -0.05) is 55.3 Å². The number of nitrogens with zero attached hydrogens (tertiary/aromatic N) is 3. The Kier molecular flexibility index (Phi) is 5.57. The van der Waals surface area contributed by atoms with E-state index in [0.29, 0.717) is 5.75 Å². The van der Waals surface area contributed by atoms with Gasteiger partial charge in [0, 0.05) is 10.9 Å². The van der Waals surface area contributed by atoms with Gasteiger partial charge in [0.1, 0.15) is 5.75 Å². The highest BCUT2D eigenvalue weighted by Crippen LogP contribution is 2.26. The molecule has 2 aromatic carbocycles. The molecule has 0 saturated carbocycles. The van der Waals surface area contributed by atoms with E-state index in [4.69, 9.17) is 4.74 Å². The summed E-state index contributed by atoms with van der Waals surface area (Å²) in [6.07, 6.45) is 2.14. The van der Waals surface area contributed by atoms with Gasteiger partial charge in [0.25, 0.3) is 11.9 Å². The molecule has 0 fully saturated rings. The maximum atomic E-state index is 12.2. The molecule has 7 heteroatoms. The van der Waals surface area contributed by atoms with Crippen LogP contribution in [0, 0.1) is 6.92 Å². The highest BCUT2D eigenvalue weighted by molar-refractivity contribution is 7.15. The lowest BCUT2D eigenvalue weighted by molar-refractivity contribution is -0.118. The molecule has 29 heavy (non-hydrogen) atoms. The molecule has 0 unspecified atom stereocenters. The lowest BCUT2D eigenvalue weighted by Gasteiger charge is -2.06. The maximum absolute atomic E-state index is 12.2. The first kappa shape index (κ1) is 19.1. The third-order valence-electron chi connectivity index (χ3n) is 4.51. The van der Waals surface area contributed by atoms with Crippen LogP contribution in [0.3, 0.4) is 0 Å². The summed E-state index contributed by atoms with van der Waals surface area (Å²) in [6, 6.07) is 16.0. The van der Waals surface area contributed by atoms with Crippen molar-refractivity contribution in [1.82, 2.24) is 14.6 Å². The minimum atomic E-state index is -0.294. The summed E-state index contributed by atoms with van der Waals surface area (Å²) in [7, 11) is 0. The standard InChI is InChI=1S/C22H22N4O2S/c1-3-4-16-7-11-18(12-8-16)28-13-20(27)23-21-24-22-26(25-21)19(14-29-22)17-9-5-15(2)6-10-17/h5-12,14H,3-4,13H2,1-2H3,(H,23,25,27). The Morgan fingerprint density at radius 3 is 2.62 bits per heavy atom. The van der Waals surface area contributed by atoms with Gasteiger partial charge in [0.15, 0.2) is 6.61 Å². The smallest absolute Gasteiger partial charge is 0.264 e. The first-order chi connectivity index (χ1) is 14.1. The molecule has 6 nitrogen and oxygen atoms in total. The summed E-state index contributed by atoms with van der Waals surface area (Å²) >= 11 is 1.48. The van der Waals surface area contributed by atoms with Gasteiger partial charge in [-0.05, 0) is 31.0 Å². The highest BCUT2D eigenvalue weighted by atomic mass is 32.1. The first-order valence-electron chi connectivity index (χ1n) is 9.55.